The molecule has 0 aliphatic rings. The maximum Gasteiger partial charge on any atom is 0.338 e. The van der Waals surface area contributed by atoms with Crippen LogP contribution in [0.25, 0.3) is 0 Å². The molecule has 0 heterocycles. The zero-order chi connectivity index (χ0) is 19.1. The van der Waals surface area contributed by atoms with Crippen LogP contribution in [0.5, 0.6) is 11.5 Å². The Morgan fingerprint density at radius 3 is 2.27 bits per heavy atom. The molecule has 0 bridgehead atoms. The van der Waals surface area contributed by atoms with E-state index in [4.69, 9.17) is 14.2 Å². The highest BCUT2D eigenvalue weighted by atomic mass is 127. The van der Waals surface area contributed by atoms with Crippen molar-refractivity contribution in [2.24, 2.45) is 0 Å². The summed E-state index contributed by atoms with van der Waals surface area (Å²) in [6.07, 6.45) is 0. The summed E-state index contributed by atoms with van der Waals surface area (Å²) in [4.78, 5) is 24.5. The highest BCUT2D eigenvalue weighted by Gasteiger charge is 2.18. The fourth-order valence-corrected chi connectivity index (χ4v) is 3.19. The number of esters is 1. The molecule has 0 aliphatic carbocycles. The summed E-state index contributed by atoms with van der Waals surface area (Å²) in [5, 5.41) is 0. The summed E-state index contributed by atoms with van der Waals surface area (Å²) in [6, 6.07) is 10.1. The number of carbonyl (C=O) groups excluding carboxylic acids is 2. The van der Waals surface area contributed by atoms with E-state index in [1.54, 1.807) is 36.4 Å². The van der Waals surface area contributed by atoms with Gasteiger partial charge in [0.15, 0.2) is 23.9 Å². The van der Waals surface area contributed by atoms with Crippen LogP contribution < -0.4 is 9.47 Å². The minimum atomic E-state index is -0.586. The van der Waals surface area contributed by atoms with Crippen molar-refractivity contribution in [2.75, 3.05) is 19.8 Å². The normalized spacial score (nSPS) is 10.3. The number of ketones is 1. The average Bonchev–Trinajstić information content (AvgIpc) is 2.62. The number of carbonyl (C=O) groups is 2. The van der Waals surface area contributed by atoms with Gasteiger partial charge in [0.1, 0.15) is 0 Å². The van der Waals surface area contributed by atoms with Crippen LogP contribution in [0, 0.1) is 3.57 Å². The molecule has 138 valence electrons. The average molecular weight is 533 g/mol. The molecular weight excluding hydrogens is 515 g/mol. The number of halogens is 2. The minimum Gasteiger partial charge on any atom is -0.490 e. The molecule has 0 aliphatic heterocycles. The lowest BCUT2D eigenvalue weighted by molar-refractivity contribution is 0.0474. The van der Waals surface area contributed by atoms with Gasteiger partial charge in [-0.15, -0.1) is 0 Å². The summed E-state index contributed by atoms with van der Waals surface area (Å²) < 4.78 is 17.9. The van der Waals surface area contributed by atoms with E-state index >= 15 is 0 Å². The molecule has 2 rings (SSSR count). The first-order chi connectivity index (χ1) is 12.5. The molecule has 0 atom stereocenters. The lowest BCUT2D eigenvalue weighted by Gasteiger charge is -2.14. The van der Waals surface area contributed by atoms with Gasteiger partial charge in [0.05, 0.1) is 22.3 Å². The van der Waals surface area contributed by atoms with Gasteiger partial charge < -0.3 is 14.2 Å². The molecule has 0 aromatic heterocycles. The molecule has 0 N–H and O–H groups in total. The van der Waals surface area contributed by atoms with Crippen LogP contribution in [0.2, 0.25) is 0 Å². The minimum absolute atomic E-state index is 0.267. The Morgan fingerprint density at radius 1 is 1.00 bits per heavy atom. The van der Waals surface area contributed by atoms with Gasteiger partial charge in [-0.25, -0.2) is 4.79 Å². The van der Waals surface area contributed by atoms with E-state index < -0.39 is 5.97 Å². The van der Waals surface area contributed by atoms with E-state index in [1.807, 2.05) is 13.8 Å². The Morgan fingerprint density at radius 2 is 1.65 bits per heavy atom. The number of benzene rings is 2. The fourth-order valence-electron chi connectivity index (χ4n) is 2.17. The molecule has 0 saturated carbocycles. The van der Waals surface area contributed by atoms with Crippen LogP contribution in [0.1, 0.15) is 34.6 Å². The van der Waals surface area contributed by atoms with Gasteiger partial charge in [-0.3, -0.25) is 4.79 Å². The molecule has 2 aromatic rings. The second-order valence-corrected chi connectivity index (χ2v) is 7.24. The van der Waals surface area contributed by atoms with E-state index in [0.29, 0.717) is 35.8 Å². The van der Waals surface area contributed by atoms with Gasteiger partial charge in [-0.05, 0) is 60.7 Å². The van der Waals surface area contributed by atoms with Gasteiger partial charge in [0.2, 0.25) is 0 Å². The van der Waals surface area contributed by atoms with Crippen molar-refractivity contribution >= 4 is 50.3 Å². The second kappa shape index (κ2) is 9.91. The third-order valence-electron chi connectivity index (χ3n) is 3.33. The van der Waals surface area contributed by atoms with Crippen molar-refractivity contribution in [2.45, 2.75) is 13.8 Å². The Hall–Kier alpha value is -1.61. The van der Waals surface area contributed by atoms with Crippen molar-refractivity contribution in [3.63, 3.8) is 0 Å². The Balaban J connectivity index is 2.11. The van der Waals surface area contributed by atoms with Crippen molar-refractivity contribution in [1.82, 2.24) is 0 Å². The van der Waals surface area contributed by atoms with Crippen molar-refractivity contribution in [1.29, 1.82) is 0 Å². The molecule has 0 unspecified atom stereocenters. The zero-order valence-corrected chi connectivity index (χ0v) is 18.1. The topological polar surface area (TPSA) is 61.8 Å². The highest BCUT2D eigenvalue weighted by Crippen LogP contribution is 2.34. The van der Waals surface area contributed by atoms with Crippen LogP contribution in [0.15, 0.2) is 40.9 Å². The van der Waals surface area contributed by atoms with Gasteiger partial charge >= 0.3 is 5.97 Å². The fraction of sp³-hybridized carbons (Fsp3) is 0.263. The van der Waals surface area contributed by atoms with Crippen LogP contribution in [-0.2, 0) is 4.74 Å². The first kappa shape index (κ1) is 20.7. The van der Waals surface area contributed by atoms with E-state index in [-0.39, 0.29) is 12.4 Å². The quantitative estimate of drug-likeness (QED) is 0.275. The van der Waals surface area contributed by atoms with E-state index in [9.17, 15) is 9.59 Å². The van der Waals surface area contributed by atoms with E-state index in [2.05, 4.69) is 38.5 Å². The van der Waals surface area contributed by atoms with E-state index in [0.717, 1.165) is 8.04 Å². The SMILES string of the molecule is CCOc1cc(C(=O)OCC(=O)c2ccc(Br)cc2)cc(I)c1OCC. The third-order valence-corrected chi connectivity index (χ3v) is 4.66. The number of rotatable bonds is 8. The first-order valence-corrected chi connectivity index (χ1v) is 9.88. The number of hydrogen-bond donors (Lipinski definition) is 0. The first-order valence-electron chi connectivity index (χ1n) is 8.01. The molecule has 0 spiro atoms. The monoisotopic (exact) mass is 532 g/mol. The van der Waals surface area contributed by atoms with Crippen molar-refractivity contribution in [3.8, 4) is 11.5 Å². The molecule has 26 heavy (non-hydrogen) atoms. The largest absolute Gasteiger partial charge is 0.490 e. The Labute approximate surface area is 174 Å². The zero-order valence-electron chi connectivity index (χ0n) is 14.4. The molecule has 0 amide bonds. The Kier molecular flexibility index (Phi) is 7.89. The lowest BCUT2D eigenvalue weighted by Crippen LogP contribution is -2.15. The predicted octanol–water partition coefficient (Wildman–Crippen LogP) is 4.89. The lowest BCUT2D eigenvalue weighted by atomic mass is 10.1. The van der Waals surface area contributed by atoms with Crippen LogP contribution >= 0.6 is 38.5 Å². The molecular formula is C19H18BrIO5. The van der Waals surface area contributed by atoms with Crippen LogP contribution in [0.4, 0.5) is 0 Å². The van der Waals surface area contributed by atoms with Gasteiger partial charge in [-0.1, -0.05) is 28.1 Å². The summed E-state index contributed by atoms with van der Waals surface area (Å²) >= 11 is 5.39. The van der Waals surface area contributed by atoms with Crippen molar-refractivity contribution < 1.29 is 23.8 Å². The summed E-state index contributed by atoms with van der Waals surface area (Å²) in [6.45, 7) is 4.33. The maximum absolute atomic E-state index is 12.3. The standard InChI is InChI=1S/C19H18BrIO5/c1-3-24-17-10-13(9-15(21)18(17)25-4-2)19(23)26-11-16(22)12-5-7-14(20)8-6-12/h5-10H,3-4,11H2,1-2H3. The number of ether oxygens (including phenoxy) is 3. The molecule has 7 heteroatoms. The molecule has 0 fully saturated rings. The summed E-state index contributed by atoms with van der Waals surface area (Å²) in [7, 11) is 0. The predicted molar refractivity (Wildman–Crippen MR) is 110 cm³/mol. The maximum atomic E-state index is 12.3. The highest BCUT2D eigenvalue weighted by molar-refractivity contribution is 14.1. The number of hydrogen-bond acceptors (Lipinski definition) is 5. The summed E-state index contributed by atoms with van der Waals surface area (Å²) in [5.41, 5.74) is 0.794. The van der Waals surface area contributed by atoms with Crippen LogP contribution in [0.3, 0.4) is 0 Å². The molecule has 0 saturated heterocycles. The number of Topliss-reactive ketones (excluding diaryl/α,β-unsaturated/α-hetero) is 1. The molecule has 0 radical (unpaired) electrons. The molecule has 2 aromatic carbocycles. The smallest absolute Gasteiger partial charge is 0.338 e. The summed E-state index contributed by atoms with van der Waals surface area (Å²) in [5.74, 6) is 0.221. The molecule has 5 nitrogen and oxygen atoms in total. The second-order valence-electron chi connectivity index (χ2n) is 5.16. The van der Waals surface area contributed by atoms with Gasteiger partial charge in [0.25, 0.3) is 0 Å². The third kappa shape index (κ3) is 5.44. The van der Waals surface area contributed by atoms with Gasteiger partial charge in [0, 0.05) is 10.0 Å². The van der Waals surface area contributed by atoms with Crippen molar-refractivity contribution in [3.05, 3.63) is 55.6 Å². The van der Waals surface area contributed by atoms with E-state index in [1.165, 1.54) is 0 Å². The Bertz CT molecular complexity index is 789. The van der Waals surface area contributed by atoms with Gasteiger partial charge in [-0.2, -0.15) is 0 Å². The van der Waals surface area contributed by atoms with Crippen LogP contribution in [-0.4, -0.2) is 31.6 Å².